The smallest absolute Gasteiger partial charge is 0.230 e. The van der Waals surface area contributed by atoms with Gasteiger partial charge in [-0.1, -0.05) is 54.2 Å². The van der Waals surface area contributed by atoms with Crippen LogP contribution in [0.25, 0.3) is 11.4 Å². The maximum Gasteiger partial charge on any atom is 0.230 e. The number of hydrogen-bond donors (Lipinski definition) is 1. The van der Waals surface area contributed by atoms with Crippen LogP contribution in [0, 0.1) is 6.92 Å². The van der Waals surface area contributed by atoms with Crippen molar-refractivity contribution in [1.82, 2.24) is 20.1 Å². The van der Waals surface area contributed by atoms with Crippen LogP contribution in [0.15, 0.2) is 47.6 Å². The number of hydrogen-bond acceptors (Lipinski definition) is 4. The van der Waals surface area contributed by atoms with E-state index >= 15 is 0 Å². The van der Waals surface area contributed by atoms with E-state index in [1.54, 1.807) is 0 Å². The lowest BCUT2D eigenvalue weighted by atomic mass is 9.89. The molecule has 0 fully saturated rings. The Morgan fingerprint density at radius 3 is 2.70 bits per heavy atom. The van der Waals surface area contributed by atoms with Crippen molar-refractivity contribution in [2.75, 3.05) is 5.75 Å². The molecule has 2 aromatic carbocycles. The molecule has 156 valence electrons. The first-order chi connectivity index (χ1) is 14.5. The SMILES string of the molecule is Cc1ccccc1-c1nnc(SCC(=O)N[C@H](C)c2ccc3c(c2)CCCC3)n1C. The van der Waals surface area contributed by atoms with Gasteiger partial charge >= 0.3 is 0 Å². The molecule has 30 heavy (non-hydrogen) atoms. The monoisotopic (exact) mass is 420 g/mol. The van der Waals surface area contributed by atoms with Gasteiger partial charge in [0.15, 0.2) is 11.0 Å². The largest absolute Gasteiger partial charge is 0.349 e. The summed E-state index contributed by atoms with van der Waals surface area (Å²) >= 11 is 1.41. The van der Waals surface area contributed by atoms with E-state index in [4.69, 9.17) is 0 Å². The van der Waals surface area contributed by atoms with Gasteiger partial charge in [-0.3, -0.25) is 4.79 Å². The van der Waals surface area contributed by atoms with Crippen molar-refractivity contribution in [2.24, 2.45) is 7.05 Å². The summed E-state index contributed by atoms with van der Waals surface area (Å²) in [5.74, 6) is 1.14. The number of rotatable bonds is 6. The highest BCUT2D eigenvalue weighted by molar-refractivity contribution is 7.99. The number of aromatic nitrogens is 3. The molecule has 1 aromatic heterocycles. The van der Waals surface area contributed by atoms with Crippen LogP contribution in [0.1, 0.15) is 48.1 Å². The van der Waals surface area contributed by atoms with E-state index in [9.17, 15) is 4.79 Å². The summed E-state index contributed by atoms with van der Waals surface area (Å²) in [5, 5.41) is 12.5. The third kappa shape index (κ3) is 4.43. The maximum absolute atomic E-state index is 12.5. The first-order valence-corrected chi connectivity index (χ1v) is 11.5. The van der Waals surface area contributed by atoms with Gasteiger partial charge in [0.05, 0.1) is 11.8 Å². The number of fused-ring (bicyclic) bond motifs is 1. The molecule has 1 atom stereocenters. The number of aryl methyl sites for hydroxylation is 3. The number of amides is 1. The van der Waals surface area contributed by atoms with Crippen LogP contribution in [0.3, 0.4) is 0 Å². The third-order valence-electron chi connectivity index (χ3n) is 5.80. The molecular formula is C24H28N4OS. The van der Waals surface area contributed by atoms with Crippen molar-refractivity contribution >= 4 is 17.7 Å². The first kappa shape index (κ1) is 20.7. The molecule has 0 spiro atoms. The number of benzene rings is 2. The highest BCUT2D eigenvalue weighted by atomic mass is 32.2. The van der Waals surface area contributed by atoms with Gasteiger partial charge in [0, 0.05) is 12.6 Å². The molecular weight excluding hydrogens is 392 g/mol. The molecule has 1 N–H and O–H groups in total. The topological polar surface area (TPSA) is 59.8 Å². The molecule has 1 heterocycles. The fourth-order valence-electron chi connectivity index (χ4n) is 4.02. The predicted octanol–water partition coefficient (Wildman–Crippen LogP) is 4.64. The Morgan fingerprint density at radius 2 is 1.90 bits per heavy atom. The lowest BCUT2D eigenvalue weighted by molar-refractivity contribution is -0.119. The van der Waals surface area contributed by atoms with Crippen molar-refractivity contribution in [1.29, 1.82) is 0 Å². The third-order valence-corrected chi connectivity index (χ3v) is 6.82. The lowest BCUT2D eigenvalue weighted by Gasteiger charge is -2.20. The average Bonchev–Trinajstić information content (AvgIpc) is 3.12. The second-order valence-corrected chi connectivity index (χ2v) is 8.94. The molecule has 0 aliphatic heterocycles. The zero-order chi connectivity index (χ0) is 21.1. The highest BCUT2D eigenvalue weighted by Crippen LogP contribution is 2.26. The summed E-state index contributed by atoms with van der Waals surface area (Å²) in [4.78, 5) is 12.5. The van der Waals surface area contributed by atoms with Crippen LogP contribution >= 0.6 is 11.8 Å². The molecule has 0 radical (unpaired) electrons. The number of carbonyl (C=O) groups is 1. The molecule has 1 aliphatic carbocycles. The molecule has 0 saturated carbocycles. The van der Waals surface area contributed by atoms with E-state index in [0.717, 1.165) is 28.5 Å². The maximum atomic E-state index is 12.5. The van der Waals surface area contributed by atoms with E-state index in [2.05, 4.69) is 46.7 Å². The van der Waals surface area contributed by atoms with E-state index in [-0.39, 0.29) is 11.9 Å². The zero-order valence-electron chi connectivity index (χ0n) is 17.8. The molecule has 1 amide bonds. The standard InChI is InChI=1S/C24H28N4OS/c1-16-8-4-7-11-21(16)23-26-27-24(28(23)3)30-15-22(29)25-17(2)19-13-12-18-9-5-6-10-20(18)14-19/h4,7-8,11-14,17H,5-6,9-10,15H2,1-3H3,(H,25,29)/t17-/m1/s1. The van der Waals surface area contributed by atoms with Crippen molar-refractivity contribution < 1.29 is 4.79 Å². The Labute approximate surface area is 182 Å². The molecule has 1 aliphatic rings. The van der Waals surface area contributed by atoms with Gasteiger partial charge in [-0.25, -0.2) is 0 Å². The Hall–Kier alpha value is -2.60. The van der Waals surface area contributed by atoms with Crippen molar-refractivity contribution in [2.45, 2.75) is 50.7 Å². The second kappa shape index (κ2) is 9.04. The lowest BCUT2D eigenvalue weighted by Crippen LogP contribution is -2.28. The van der Waals surface area contributed by atoms with Gasteiger partial charge in [0.1, 0.15) is 0 Å². The number of thioether (sulfide) groups is 1. The molecule has 0 bridgehead atoms. The van der Waals surface area contributed by atoms with Crippen LogP contribution in [0.2, 0.25) is 0 Å². The van der Waals surface area contributed by atoms with Crippen molar-refractivity contribution in [3.8, 4) is 11.4 Å². The zero-order valence-corrected chi connectivity index (χ0v) is 18.6. The van der Waals surface area contributed by atoms with E-state index in [1.807, 2.05) is 36.7 Å². The fraction of sp³-hybridized carbons (Fsp3) is 0.375. The average molecular weight is 421 g/mol. The number of nitrogens with one attached hydrogen (secondary N) is 1. The Morgan fingerprint density at radius 1 is 1.13 bits per heavy atom. The quantitative estimate of drug-likeness (QED) is 0.590. The van der Waals surface area contributed by atoms with Gasteiger partial charge in [-0.05, 0) is 61.8 Å². The Balaban J connectivity index is 1.37. The van der Waals surface area contributed by atoms with Crippen LogP contribution in [-0.4, -0.2) is 26.4 Å². The molecule has 3 aromatic rings. The van der Waals surface area contributed by atoms with Crippen LogP contribution in [0.5, 0.6) is 0 Å². The fourth-order valence-corrected chi connectivity index (χ4v) is 4.74. The minimum atomic E-state index is -0.00708. The van der Waals surface area contributed by atoms with Crippen molar-refractivity contribution in [3.63, 3.8) is 0 Å². The predicted molar refractivity (Wildman–Crippen MR) is 122 cm³/mol. The highest BCUT2D eigenvalue weighted by Gasteiger charge is 2.17. The molecule has 4 rings (SSSR count). The summed E-state index contributed by atoms with van der Waals surface area (Å²) in [6.45, 7) is 4.11. The summed E-state index contributed by atoms with van der Waals surface area (Å²) in [7, 11) is 1.94. The van der Waals surface area contributed by atoms with Crippen LogP contribution in [-0.2, 0) is 24.7 Å². The first-order valence-electron chi connectivity index (χ1n) is 10.5. The molecule has 6 heteroatoms. The Bertz CT molecular complexity index is 1060. The molecule has 0 unspecified atom stereocenters. The number of nitrogens with zero attached hydrogens (tertiary/aromatic N) is 3. The normalized spacial score (nSPS) is 14.2. The number of carbonyl (C=O) groups excluding carboxylic acids is 1. The summed E-state index contributed by atoms with van der Waals surface area (Å²) in [6.07, 6.45) is 4.86. The summed E-state index contributed by atoms with van der Waals surface area (Å²) in [6, 6.07) is 14.8. The second-order valence-electron chi connectivity index (χ2n) is 7.99. The van der Waals surface area contributed by atoms with E-state index in [1.165, 1.54) is 47.7 Å². The summed E-state index contributed by atoms with van der Waals surface area (Å²) < 4.78 is 1.95. The minimum absolute atomic E-state index is 0.00524. The van der Waals surface area contributed by atoms with Crippen LogP contribution < -0.4 is 5.32 Å². The van der Waals surface area contributed by atoms with Gasteiger partial charge in [0.25, 0.3) is 0 Å². The van der Waals surface area contributed by atoms with Gasteiger partial charge in [-0.2, -0.15) is 0 Å². The van der Waals surface area contributed by atoms with Gasteiger partial charge in [-0.15, -0.1) is 10.2 Å². The summed E-state index contributed by atoms with van der Waals surface area (Å²) in [5.41, 5.74) is 6.29. The van der Waals surface area contributed by atoms with Gasteiger partial charge in [0.2, 0.25) is 5.91 Å². The van der Waals surface area contributed by atoms with Crippen molar-refractivity contribution in [3.05, 3.63) is 64.7 Å². The minimum Gasteiger partial charge on any atom is -0.349 e. The molecule has 0 saturated heterocycles. The van der Waals surface area contributed by atoms with Gasteiger partial charge < -0.3 is 9.88 Å². The Kier molecular flexibility index (Phi) is 6.23. The molecule has 5 nitrogen and oxygen atoms in total. The van der Waals surface area contributed by atoms with E-state index in [0.29, 0.717) is 5.75 Å². The van der Waals surface area contributed by atoms with E-state index < -0.39 is 0 Å². The van der Waals surface area contributed by atoms with Crippen LogP contribution in [0.4, 0.5) is 0 Å².